The first-order valence-electron chi connectivity index (χ1n) is 4.70. The molecular formula is C11H12OS2. The molecule has 0 radical (unpaired) electrons. The van der Waals surface area contributed by atoms with Gasteiger partial charge in [0.1, 0.15) is 4.58 Å². The molecule has 0 bridgehead atoms. The van der Waals surface area contributed by atoms with Crippen LogP contribution < -0.4 is 0 Å². The SMILES string of the molecule is O=C(c1ccccc1)C1SCCCS1. The summed E-state index contributed by atoms with van der Waals surface area (Å²) in [5.41, 5.74) is 0.847. The summed E-state index contributed by atoms with van der Waals surface area (Å²) >= 11 is 3.56. The maximum Gasteiger partial charge on any atom is 0.185 e. The molecule has 0 unspecified atom stereocenters. The molecule has 1 heterocycles. The van der Waals surface area contributed by atoms with Crippen LogP contribution in [0.2, 0.25) is 0 Å². The summed E-state index contributed by atoms with van der Waals surface area (Å²) in [6.07, 6.45) is 1.23. The summed E-state index contributed by atoms with van der Waals surface area (Å²) < 4.78 is 0.131. The van der Waals surface area contributed by atoms with E-state index in [1.165, 1.54) is 6.42 Å². The second-order valence-electron chi connectivity index (χ2n) is 3.16. The van der Waals surface area contributed by atoms with Crippen molar-refractivity contribution < 1.29 is 4.79 Å². The Bertz CT molecular complexity index is 304. The van der Waals surface area contributed by atoms with Crippen molar-refractivity contribution in [1.29, 1.82) is 0 Å². The van der Waals surface area contributed by atoms with Gasteiger partial charge in [-0.3, -0.25) is 4.79 Å². The zero-order valence-corrected chi connectivity index (χ0v) is 9.44. The van der Waals surface area contributed by atoms with Gasteiger partial charge in [0.2, 0.25) is 0 Å². The van der Waals surface area contributed by atoms with E-state index in [4.69, 9.17) is 0 Å². The number of rotatable bonds is 2. The first-order valence-corrected chi connectivity index (χ1v) is 6.80. The predicted octanol–water partition coefficient (Wildman–Crippen LogP) is 3.07. The normalized spacial score (nSPS) is 18.0. The Kier molecular flexibility index (Phi) is 3.54. The lowest BCUT2D eigenvalue weighted by atomic mass is 10.1. The molecule has 74 valence electrons. The molecule has 14 heavy (non-hydrogen) atoms. The van der Waals surface area contributed by atoms with Gasteiger partial charge in [0.05, 0.1) is 0 Å². The van der Waals surface area contributed by atoms with E-state index < -0.39 is 0 Å². The van der Waals surface area contributed by atoms with Gasteiger partial charge in [-0.25, -0.2) is 0 Å². The maximum absolute atomic E-state index is 12.0. The topological polar surface area (TPSA) is 17.1 Å². The molecule has 0 aliphatic carbocycles. The van der Waals surface area contributed by atoms with E-state index in [1.807, 2.05) is 30.3 Å². The van der Waals surface area contributed by atoms with Gasteiger partial charge in [-0.15, -0.1) is 23.5 Å². The van der Waals surface area contributed by atoms with Gasteiger partial charge in [-0.05, 0) is 17.9 Å². The molecule has 1 saturated heterocycles. The van der Waals surface area contributed by atoms with Crippen molar-refractivity contribution in [3.63, 3.8) is 0 Å². The highest BCUT2D eigenvalue weighted by molar-refractivity contribution is 8.18. The van der Waals surface area contributed by atoms with Crippen LogP contribution in [0.5, 0.6) is 0 Å². The van der Waals surface area contributed by atoms with Crippen molar-refractivity contribution >= 4 is 29.3 Å². The van der Waals surface area contributed by atoms with Crippen LogP contribution in [0.15, 0.2) is 30.3 Å². The average molecular weight is 224 g/mol. The number of hydrogen-bond acceptors (Lipinski definition) is 3. The molecule has 0 aromatic heterocycles. The molecule has 3 heteroatoms. The van der Waals surface area contributed by atoms with Gasteiger partial charge in [-0.2, -0.15) is 0 Å². The Morgan fingerprint density at radius 1 is 1.14 bits per heavy atom. The minimum Gasteiger partial charge on any atom is -0.292 e. The average Bonchev–Trinajstić information content (AvgIpc) is 2.30. The van der Waals surface area contributed by atoms with Crippen molar-refractivity contribution in [2.75, 3.05) is 11.5 Å². The Hall–Kier alpha value is -0.410. The summed E-state index contributed by atoms with van der Waals surface area (Å²) in [6, 6.07) is 9.59. The quantitative estimate of drug-likeness (QED) is 0.719. The van der Waals surface area contributed by atoms with Crippen LogP contribution in [-0.4, -0.2) is 21.9 Å². The van der Waals surface area contributed by atoms with Crippen molar-refractivity contribution in [1.82, 2.24) is 0 Å². The Balaban J connectivity index is 2.07. The van der Waals surface area contributed by atoms with E-state index in [-0.39, 0.29) is 10.4 Å². The van der Waals surface area contributed by atoms with E-state index in [0.29, 0.717) is 0 Å². The fraction of sp³-hybridized carbons (Fsp3) is 0.364. The molecule has 1 aromatic rings. The predicted molar refractivity (Wildman–Crippen MR) is 64.1 cm³/mol. The third-order valence-corrected chi connectivity index (χ3v) is 5.00. The van der Waals surface area contributed by atoms with Gasteiger partial charge in [0.15, 0.2) is 5.78 Å². The molecule has 1 aromatic carbocycles. The van der Waals surface area contributed by atoms with Crippen LogP contribution in [0.25, 0.3) is 0 Å². The fourth-order valence-electron chi connectivity index (χ4n) is 1.38. The van der Waals surface area contributed by atoms with E-state index >= 15 is 0 Å². The van der Waals surface area contributed by atoms with E-state index in [0.717, 1.165) is 17.1 Å². The molecule has 0 spiro atoms. The molecule has 2 rings (SSSR count). The number of benzene rings is 1. The second-order valence-corrected chi connectivity index (χ2v) is 5.88. The van der Waals surface area contributed by atoms with Crippen molar-refractivity contribution in [3.8, 4) is 0 Å². The van der Waals surface area contributed by atoms with Gasteiger partial charge in [-0.1, -0.05) is 30.3 Å². The monoisotopic (exact) mass is 224 g/mol. The third kappa shape index (κ3) is 2.34. The lowest BCUT2D eigenvalue weighted by molar-refractivity contribution is 0.101. The first kappa shape index (κ1) is 10.1. The van der Waals surface area contributed by atoms with Crippen molar-refractivity contribution in [3.05, 3.63) is 35.9 Å². The summed E-state index contributed by atoms with van der Waals surface area (Å²) in [4.78, 5) is 12.0. The molecule has 1 aliphatic heterocycles. The van der Waals surface area contributed by atoms with Gasteiger partial charge < -0.3 is 0 Å². The van der Waals surface area contributed by atoms with Crippen LogP contribution >= 0.6 is 23.5 Å². The molecule has 0 saturated carbocycles. The number of hydrogen-bond donors (Lipinski definition) is 0. The second kappa shape index (κ2) is 4.89. The van der Waals surface area contributed by atoms with E-state index in [9.17, 15) is 4.79 Å². The highest BCUT2D eigenvalue weighted by Crippen LogP contribution is 2.32. The zero-order valence-electron chi connectivity index (χ0n) is 7.81. The Morgan fingerprint density at radius 2 is 1.79 bits per heavy atom. The third-order valence-electron chi connectivity index (χ3n) is 2.10. The highest BCUT2D eigenvalue weighted by Gasteiger charge is 2.22. The largest absolute Gasteiger partial charge is 0.292 e. The van der Waals surface area contributed by atoms with E-state index in [1.54, 1.807) is 23.5 Å². The molecule has 1 fully saturated rings. The van der Waals surface area contributed by atoms with Crippen molar-refractivity contribution in [2.24, 2.45) is 0 Å². The fourth-order valence-corrected chi connectivity index (χ4v) is 4.15. The smallest absolute Gasteiger partial charge is 0.185 e. The van der Waals surface area contributed by atoms with Crippen LogP contribution in [0.3, 0.4) is 0 Å². The van der Waals surface area contributed by atoms with Crippen LogP contribution in [0.1, 0.15) is 16.8 Å². The van der Waals surface area contributed by atoms with Gasteiger partial charge in [0, 0.05) is 5.56 Å². The summed E-state index contributed by atoms with van der Waals surface area (Å²) in [7, 11) is 0. The van der Waals surface area contributed by atoms with Gasteiger partial charge in [0.25, 0.3) is 0 Å². The lowest BCUT2D eigenvalue weighted by Crippen LogP contribution is -2.18. The molecule has 1 aliphatic rings. The number of ketones is 1. The summed E-state index contributed by atoms with van der Waals surface area (Å²) in [5, 5.41) is 0. The zero-order chi connectivity index (χ0) is 9.80. The first-order chi connectivity index (χ1) is 6.88. The standard InChI is InChI=1S/C11H12OS2/c12-10(9-5-2-1-3-6-9)11-13-7-4-8-14-11/h1-3,5-6,11H,4,7-8H2. The summed E-state index contributed by atoms with van der Waals surface area (Å²) in [5.74, 6) is 2.52. The molecule has 1 nitrogen and oxygen atoms in total. The van der Waals surface area contributed by atoms with Crippen molar-refractivity contribution in [2.45, 2.75) is 11.0 Å². The number of carbonyl (C=O) groups is 1. The maximum atomic E-state index is 12.0. The minimum atomic E-state index is 0.131. The molecule has 0 amide bonds. The van der Waals surface area contributed by atoms with Crippen LogP contribution in [0.4, 0.5) is 0 Å². The van der Waals surface area contributed by atoms with E-state index in [2.05, 4.69) is 0 Å². The molecule has 0 N–H and O–H groups in total. The lowest BCUT2D eigenvalue weighted by Gasteiger charge is -2.19. The van der Waals surface area contributed by atoms with Gasteiger partial charge >= 0.3 is 0 Å². The van der Waals surface area contributed by atoms with Crippen LogP contribution in [0, 0.1) is 0 Å². The highest BCUT2D eigenvalue weighted by atomic mass is 32.2. The van der Waals surface area contributed by atoms with Crippen LogP contribution in [-0.2, 0) is 0 Å². The Morgan fingerprint density at radius 3 is 2.43 bits per heavy atom. The number of carbonyl (C=O) groups excluding carboxylic acids is 1. The molecular weight excluding hydrogens is 212 g/mol. The summed E-state index contributed by atoms with van der Waals surface area (Å²) in [6.45, 7) is 0. The minimum absolute atomic E-state index is 0.131. The number of thioether (sulfide) groups is 2. The number of Topliss-reactive ketones (excluding diaryl/α,β-unsaturated/α-hetero) is 1. The molecule has 0 atom stereocenters. The Labute approximate surface area is 92.7 Å².